The maximum absolute atomic E-state index is 13.4. The maximum Gasteiger partial charge on any atom is 0.573 e. The van der Waals surface area contributed by atoms with Gasteiger partial charge >= 0.3 is 6.36 Å². The average molecular weight is 421 g/mol. The lowest BCUT2D eigenvalue weighted by Gasteiger charge is -2.16. The van der Waals surface area contributed by atoms with E-state index in [9.17, 15) is 18.0 Å². The van der Waals surface area contributed by atoms with Crippen molar-refractivity contribution in [1.29, 1.82) is 0 Å². The van der Waals surface area contributed by atoms with Crippen LogP contribution >= 0.6 is 0 Å². The number of aromatic nitrogens is 3. The fourth-order valence-corrected chi connectivity index (χ4v) is 3.99. The highest BCUT2D eigenvalue weighted by molar-refractivity contribution is 5.65. The summed E-state index contributed by atoms with van der Waals surface area (Å²) < 4.78 is 44.8. The summed E-state index contributed by atoms with van der Waals surface area (Å²) in [5.41, 5.74) is 3.39. The highest BCUT2D eigenvalue weighted by Gasteiger charge is 2.31. The molecule has 0 aliphatic rings. The lowest BCUT2D eigenvalue weighted by molar-refractivity contribution is -0.274. The first kappa shape index (κ1) is 21.9. The molecule has 1 aromatic carbocycles. The van der Waals surface area contributed by atoms with Gasteiger partial charge in [-0.15, -0.1) is 18.3 Å². The summed E-state index contributed by atoms with van der Waals surface area (Å²) in [6.45, 7) is 10.0. The van der Waals surface area contributed by atoms with Gasteiger partial charge in [0, 0.05) is 17.8 Å². The van der Waals surface area contributed by atoms with Gasteiger partial charge in [-0.3, -0.25) is 9.36 Å². The van der Waals surface area contributed by atoms with E-state index in [2.05, 4.69) is 18.6 Å². The van der Waals surface area contributed by atoms with Gasteiger partial charge in [-0.25, -0.2) is 4.52 Å². The molecule has 0 N–H and O–H groups in total. The van der Waals surface area contributed by atoms with Gasteiger partial charge in [0.1, 0.15) is 11.3 Å². The summed E-state index contributed by atoms with van der Waals surface area (Å²) in [4.78, 5) is 13.4. The van der Waals surface area contributed by atoms with Gasteiger partial charge in [-0.1, -0.05) is 13.8 Å². The number of benzene rings is 1. The highest BCUT2D eigenvalue weighted by atomic mass is 19.4. The summed E-state index contributed by atoms with van der Waals surface area (Å²) in [7, 11) is 0. The fraction of sp³-hybridized carbons (Fsp3) is 0.455. The normalized spacial score (nSPS) is 12.2. The summed E-state index contributed by atoms with van der Waals surface area (Å²) in [5.74, 6) is 0.379. The molecular weight excluding hydrogens is 395 g/mol. The van der Waals surface area contributed by atoms with Crippen molar-refractivity contribution in [2.45, 2.75) is 66.3 Å². The van der Waals surface area contributed by atoms with E-state index in [0.29, 0.717) is 29.0 Å². The minimum Gasteiger partial charge on any atom is -0.406 e. The van der Waals surface area contributed by atoms with Crippen LogP contribution in [0.1, 0.15) is 56.4 Å². The van der Waals surface area contributed by atoms with E-state index in [-0.39, 0.29) is 17.2 Å². The van der Waals surface area contributed by atoms with Gasteiger partial charge in [-0.2, -0.15) is 0 Å². The van der Waals surface area contributed by atoms with E-state index in [0.717, 1.165) is 24.1 Å². The molecule has 0 amide bonds. The molecule has 0 aliphatic heterocycles. The summed E-state index contributed by atoms with van der Waals surface area (Å²) in [6.07, 6.45) is -2.92. The molecule has 2 aromatic heterocycles. The third kappa shape index (κ3) is 3.95. The number of aryl methyl sites for hydroxylation is 2. The van der Waals surface area contributed by atoms with Gasteiger partial charge in [0.25, 0.3) is 5.56 Å². The molecule has 0 fully saturated rings. The SMILES string of the molecule is CCC(CC)c1cc(C)n2nc(-c3ccc(OC(F)(F)F)cc3C)n(CC)c(=O)c12. The van der Waals surface area contributed by atoms with Crippen molar-refractivity contribution < 1.29 is 17.9 Å². The molecule has 0 spiro atoms. The zero-order chi connectivity index (χ0) is 22.2. The number of alkyl halides is 3. The number of halogens is 3. The molecule has 0 saturated heterocycles. The van der Waals surface area contributed by atoms with Crippen LogP contribution in [0.25, 0.3) is 16.9 Å². The topological polar surface area (TPSA) is 48.5 Å². The first-order valence-electron chi connectivity index (χ1n) is 10.1. The highest BCUT2D eigenvalue weighted by Crippen LogP contribution is 2.31. The number of hydrogen-bond donors (Lipinski definition) is 0. The molecule has 2 heterocycles. The summed E-state index contributed by atoms with van der Waals surface area (Å²) in [6, 6.07) is 6.07. The van der Waals surface area contributed by atoms with Crippen LogP contribution in [-0.2, 0) is 6.54 Å². The molecular formula is C22H26F3N3O2. The maximum atomic E-state index is 13.4. The Balaban J connectivity index is 2.23. The largest absolute Gasteiger partial charge is 0.573 e. The van der Waals surface area contributed by atoms with Gasteiger partial charge in [0.15, 0.2) is 5.82 Å². The molecule has 0 bridgehead atoms. The van der Waals surface area contributed by atoms with Crippen molar-refractivity contribution in [2.24, 2.45) is 0 Å². The first-order chi connectivity index (χ1) is 14.1. The monoisotopic (exact) mass is 421 g/mol. The summed E-state index contributed by atoms with van der Waals surface area (Å²) >= 11 is 0. The van der Waals surface area contributed by atoms with Crippen molar-refractivity contribution in [3.8, 4) is 17.1 Å². The quantitative estimate of drug-likeness (QED) is 0.520. The molecule has 3 aromatic rings. The third-order valence-corrected chi connectivity index (χ3v) is 5.50. The van der Waals surface area contributed by atoms with Crippen molar-refractivity contribution >= 4 is 5.52 Å². The van der Waals surface area contributed by atoms with Gasteiger partial charge in [0.2, 0.25) is 0 Å². The van der Waals surface area contributed by atoms with Crippen LogP contribution in [0.4, 0.5) is 13.2 Å². The van der Waals surface area contributed by atoms with Gasteiger partial charge in [0.05, 0.1) is 0 Å². The van der Waals surface area contributed by atoms with E-state index >= 15 is 0 Å². The van der Waals surface area contributed by atoms with E-state index in [1.807, 2.05) is 19.9 Å². The average Bonchev–Trinajstić information content (AvgIpc) is 2.98. The van der Waals surface area contributed by atoms with Gasteiger partial charge < -0.3 is 4.74 Å². The molecule has 0 saturated carbocycles. The number of hydrogen-bond acceptors (Lipinski definition) is 3. The van der Waals surface area contributed by atoms with Crippen LogP contribution in [0.3, 0.4) is 0 Å². The number of ether oxygens (including phenoxy) is 1. The van der Waals surface area contributed by atoms with Gasteiger partial charge in [-0.05, 0) is 74.9 Å². The second kappa shape index (κ2) is 8.16. The Morgan fingerprint density at radius 1 is 1.10 bits per heavy atom. The Kier molecular flexibility index (Phi) is 5.97. The lowest BCUT2D eigenvalue weighted by Crippen LogP contribution is -2.26. The molecule has 0 aliphatic carbocycles. The van der Waals surface area contributed by atoms with Crippen molar-refractivity contribution in [3.63, 3.8) is 0 Å². The number of rotatable bonds is 6. The third-order valence-electron chi connectivity index (χ3n) is 5.50. The predicted octanol–water partition coefficient (Wildman–Crippen LogP) is 5.60. The Hall–Kier alpha value is -2.77. The molecule has 162 valence electrons. The number of fused-ring (bicyclic) bond motifs is 1. The Bertz CT molecular complexity index is 1130. The van der Waals surface area contributed by atoms with Crippen LogP contribution < -0.4 is 10.3 Å². The van der Waals surface area contributed by atoms with Crippen LogP contribution in [0, 0.1) is 13.8 Å². The Morgan fingerprint density at radius 2 is 1.77 bits per heavy atom. The van der Waals surface area contributed by atoms with Crippen LogP contribution in [0.2, 0.25) is 0 Å². The second-order valence-corrected chi connectivity index (χ2v) is 7.41. The summed E-state index contributed by atoms with van der Waals surface area (Å²) in [5, 5.41) is 4.73. The number of nitrogens with zero attached hydrogens (tertiary/aromatic N) is 3. The Labute approximate surface area is 173 Å². The molecule has 30 heavy (non-hydrogen) atoms. The Morgan fingerprint density at radius 3 is 2.30 bits per heavy atom. The van der Waals surface area contributed by atoms with Crippen molar-refractivity contribution in [3.05, 3.63) is 51.4 Å². The van der Waals surface area contributed by atoms with E-state index < -0.39 is 6.36 Å². The van der Waals surface area contributed by atoms with E-state index in [1.54, 1.807) is 16.0 Å². The van der Waals surface area contributed by atoms with Crippen LogP contribution in [0.15, 0.2) is 29.1 Å². The zero-order valence-corrected chi connectivity index (χ0v) is 17.8. The predicted molar refractivity (Wildman–Crippen MR) is 110 cm³/mol. The minimum absolute atomic E-state index is 0.146. The molecule has 0 unspecified atom stereocenters. The van der Waals surface area contributed by atoms with Crippen LogP contribution in [0.5, 0.6) is 5.75 Å². The zero-order valence-electron chi connectivity index (χ0n) is 17.8. The molecule has 0 radical (unpaired) electrons. The molecule has 3 rings (SSSR count). The fourth-order valence-electron chi connectivity index (χ4n) is 3.99. The standard InChI is InChI=1S/C22H26F3N3O2/c1-6-15(7-2)18-12-14(5)28-19(18)21(29)27(8-3)20(26-28)17-10-9-16(11-13(17)4)30-22(23,24)25/h9-12,15H,6-8H2,1-5H3. The first-order valence-corrected chi connectivity index (χ1v) is 10.1. The van der Waals surface area contributed by atoms with Crippen molar-refractivity contribution in [1.82, 2.24) is 14.2 Å². The lowest BCUT2D eigenvalue weighted by atomic mass is 9.95. The molecule has 5 nitrogen and oxygen atoms in total. The second-order valence-electron chi connectivity index (χ2n) is 7.41. The smallest absolute Gasteiger partial charge is 0.406 e. The van der Waals surface area contributed by atoms with Crippen LogP contribution in [-0.4, -0.2) is 20.5 Å². The van der Waals surface area contributed by atoms with E-state index in [1.165, 1.54) is 18.2 Å². The van der Waals surface area contributed by atoms with E-state index in [4.69, 9.17) is 5.10 Å². The minimum atomic E-state index is -4.76. The van der Waals surface area contributed by atoms with Crippen molar-refractivity contribution in [2.75, 3.05) is 0 Å². The molecule has 8 heteroatoms. The molecule has 0 atom stereocenters.